The number of aldehydes is 1. The smallest absolute Gasteiger partial charge is 0.407 e. The van der Waals surface area contributed by atoms with E-state index in [-0.39, 0.29) is 12.5 Å². The molecule has 4 nitrogen and oxygen atoms in total. The van der Waals surface area contributed by atoms with Crippen molar-refractivity contribution in [3.63, 3.8) is 0 Å². The third kappa shape index (κ3) is 7.73. The minimum Gasteiger partial charge on any atom is -0.444 e. The Morgan fingerprint density at radius 3 is 2.47 bits per heavy atom. The highest BCUT2D eigenvalue weighted by molar-refractivity contribution is 5.68. The molecule has 1 atom stereocenters. The number of hydrogen-bond donors (Lipinski definition) is 1. The van der Waals surface area contributed by atoms with Gasteiger partial charge < -0.3 is 14.8 Å². The first-order chi connectivity index (χ1) is 6.89. The number of alkyl carbamates (subject to hydrolysis) is 1. The number of hydrogen-bond acceptors (Lipinski definition) is 3. The predicted molar refractivity (Wildman–Crippen MR) is 58.7 cm³/mol. The van der Waals surface area contributed by atoms with Crippen LogP contribution in [0.3, 0.4) is 0 Å². The highest BCUT2D eigenvalue weighted by atomic mass is 16.6. The maximum Gasteiger partial charge on any atom is 0.407 e. The molecule has 4 heteroatoms. The first kappa shape index (κ1) is 13.7. The Bertz CT molecular complexity index is 220. The Balaban J connectivity index is 4.10. The number of nitrogens with one attached hydrogen (secondary N) is 1. The molecule has 0 saturated heterocycles. The maximum atomic E-state index is 11.3. The minimum atomic E-state index is -0.524. The van der Waals surface area contributed by atoms with E-state index in [9.17, 15) is 9.59 Å². The highest BCUT2D eigenvalue weighted by Gasteiger charge is 2.18. The van der Waals surface area contributed by atoms with Crippen molar-refractivity contribution in [2.45, 2.75) is 45.3 Å². The van der Waals surface area contributed by atoms with Gasteiger partial charge in [0.1, 0.15) is 11.9 Å². The minimum absolute atomic E-state index is 0.227. The lowest BCUT2D eigenvalue weighted by atomic mass is 10.1. The number of carbonyl (C=O) groups is 2. The number of carbonyl (C=O) groups excluding carboxylic acids is 2. The van der Waals surface area contributed by atoms with Crippen LogP contribution in [0.4, 0.5) is 4.79 Å². The van der Waals surface area contributed by atoms with Crippen LogP contribution in [0.2, 0.25) is 0 Å². The van der Waals surface area contributed by atoms with Crippen LogP contribution in [0.15, 0.2) is 12.7 Å². The zero-order chi connectivity index (χ0) is 11.9. The van der Waals surface area contributed by atoms with E-state index in [1.54, 1.807) is 26.8 Å². The maximum absolute atomic E-state index is 11.3. The van der Waals surface area contributed by atoms with Crippen LogP contribution in [0.5, 0.6) is 0 Å². The van der Waals surface area contributed by atoms with Crippen molar-refractivity contribution in [1.82, 2.24) is 5.32 Å². The molecule has 0 aliphatic rings. The summed E-state index contributed by atoms with van der Waals surface area (Å²) in [6.45, 7) is 8.92. The monoisotopic (exact) mass is 213 g/mol. The van der Waals surface area contributed by atoms with Crippen LogP contribution < -0.4 is 5.32 Å². The summed E-state index contributed by atoms with van der Waals surface area (Å²) >= 11 is 0. The summed E-state index contributed by atoms with van der Waals surface area (Å²) < 4.78 is 5.06. The summed E-state index contributed by atoms with van der Waals surface area (Å²) in [4.78, 5) is 21.7. The third-order valence-corrected chi connectivity index (χ3v) is 1.55. The van der Waals surface area contributed by atoms with E-state index >= 15 is 0 Å². The molecule has 0 rings (SSSR count). The zero-order valence-electron chi connectivity index (χ0n) is 9.58. The lowest BCUT2D eigenvalue weighted by molar-refractivity contribution is -0.108. The second-order valence-electron chi connectivity index (χ2n) is 4.27. The van der Waals surface area contributed by atoms with Gasteiger partial charge in [-0.3, -0.25) is 0 Å². The molecule has 0 bridgehead atoms. The number of ether oxygens (including phenoxy) is 1. The summed E-state index contributed by atoms with van der Waals surface area (Å²) in [5.74, 6) is 0. The first-order valence-corrected chi connectivity index (χ1v) is 4.93. The molecule has 0 aromatic rings. The summed E-state index contributed by atoms with van der Waals surface area (Å²) in [5, 5.41) is 2.61. The van der Waals surface area contributed by atoms with Crippen molar-refractivity contribution < 1.29 is 14.3 Å². The molecule has 0 saturated carbocycles. The quantitative estimate of drug-likeness (QED) is 0.561. The molecule has 0 aliphatic heterocycles. The van der Waals surface area contributed by atoms with Crippen LogP contribution in [0.25, 0.3) is 0 Å². The van der Waals surface area contributed by atoms with Crippen molar-refractivity contribution >= 4 is 12.4 Å². The van der Waals surface area contributed by atoms with Crippen LogP contribution in [0.1, 0.15) is 33.6 Å². The molecular formula is C11H19NO3. The molecule has 0 radical (unpaired) electrons. The van der Waals surface area contributed by atoms with E-state index in [1.165, 1.54) is 0 Å². The summed E-state index contributed by atoms with van der Waals surface area (Å²) in [6, 6.07) is -0.227. The molecule has 86 valence electrons. The fourth-order valence-electron chi connectivity index (χ4n) is 1.01. The third-order valence-electron chi connectivity index (χ3n) is 1.55. The van der Waals surface area contributed by atoms with Gasteiger partial charge in [0.2, 0.25) is 0 Å². The van der Waals surface area contributed by atoms with Crippen LogP contribution in [-0.2, 0) is 9.53 Å². The van der Waals surface area contributed by atoms with Gasteiger partial charge in [-0.2, -0.15) is 0 Å². The van der Waals surface area contributed by atoms with Crippen LogP contribution in [-0.4, -0.2) is 24.0 Å². The van der Waals surface area contributed by atoms with E-state index in [4.69, 9.17) is 4.74 Å². The lowest BCUT2D eigenvalue weighted by Crippen LogP contribution is -2.39. The second kappa shape index (κ2) is 6.22. The summed E-state index contributed by atoms with van der Waals surface area (Å²) in [7, 11) is 0. The average Bonchev–Trinajstić information content (AvgIpc) is 2.00. The van der Waals surface area contributed by atoms with Crippen molar-refractivity contribution in [3.8, 4) is 0 Å². The number of rotatable bonds is 5. The molecular weight excluding hydrogens is 194 g/mol. The molecule has 0 aliphatic carbocycles. The normalized spacial score (nSPS) is 12.7. The molecule has 0 spiro atoms. The van der Waals surface area contributed by atoms with Gasteiger partial charge in [-0.25, -0.2) is 4.79 Å². The molecule has 0 heterocycles. The molecule has 1 N–H and O–H groups in total. The molecule has 0 fully saturated rings. The van der Waals surface area contributed by atoms with Crippen LogP contribution >= 0.6 is 0 Å². The molecule has 0 aromatic heterocycles. The second-order valence-corrected chi connectivity index (χ2v) is 4.27. The van der Waals surface area contributed by atoms with E-state index in [0.29, 0.717) is 6.42 Å². The van der Waals surface area contributed by atoms with Gasteiger partial charge >= 0.3 is 6.09 Å². The van der Waals surface area contributed by atoms with Gasteiger partial charge in [0, 0.05) is 12.5 Å². The number of amides is 1. The van der Waals surface area contributed by atoms with Gasteiger partial charge in [-0.15, -0.1) is 6.58 Å². The van der Waals surface area contributed by atoms with Crippen molar-refractivity contribution in [1.29, 1.82) is 0 Å². The Kier molecular flexibility index (Phi) is 5.67. The molecule has 15 heavy (non-hydrogen) atoms. The Hall–Kier alpha value is -1.32. The van der Waals surface area contributed by atoms with Gasteiger partial charge in [0.15, 0.2) is 0 Å². The largest absolute Gasteiger partial charge is 0.444 e. The Morgan fingerprint density at radius 1 is 1.47 bits per heavy atom. The fraction of sp³-hybridized carbons (Fsp3) is 0.636. The van der Waals surface area contributed by atoms with Gasteiger partial charge in [0.25, 0.3) is 0 Å². The van der Waals surface area contributed by atoms with E-state index in [1.807, 2.05) is 0 Å². The molecule has 1 unspecified atom stereocenters. The standard InChI is InChI=1S/C11H19NO3/c1-5-6-9(7-8-13)12-10(14)15-11(2,3)4/h5,8-9H,1,6-7H2,2-4H3,(H,12,14). The van der Waals surface area contributed by atoms with Gasteiger partial charge in [0.05, 0.1) is 0 Å². The topological polar surface area (TPSA) is 55.4 Å². The van der Waals surface area contributed by atoms with E-state index in [2.05, 4.69) is 11.9 Å². The molecule has 0 aromatic carbocycles. The predicted octanol–water partition coefficient (Wildman–Crippen LogP) is 2.04. The lowest BCUT2D eigenvalue weighted by Gasteiger charge is -2.22. The van der Waals surface area contributed by atoms with E-state index < -0.39 is 11.7 Å². The zero-order valence-corrected chi connectivity index (χ0v) is 9.58. The average molecular weight is 213 g/mol. The van der Waals surface area contributed by atoms with Crippen molar-refractivity contribution in [2.24, 2.45) is 0 Å². The first-order valence-electron chi connectivity index (χ1n) is 4.93. The highest BCUT2D eigenvalue weighted by Crippen LogP contribution is 2.07. The SMILES string of the molecule is C=CCC(CC=O)NC(=O)OC(C)(C)C. The van der Waals surface area contributed by atoms with Gasteiger partial charge in [-0.05, 0) is 27.2 Å². The summed E-state index contributed by atoms with van der Waals surface area (Å²) in [6.07, 6.45) is 2.75. The molecule has 1 amide bonds. The van der Waals surface area contributed by atoms with Gasteiger partial charge in [-0.1, -0.05) is 6.08 Å². The van der Waals surface area contributed by atoms with E-state index in [0.717, 1.165) is 6.29 Å². The fourth-order valence-corrected chi connectivity index (χ4v) is 1.01. The summed E-state index contributed by atoms with van der Waals surface area (Å²) in [5.41, 5.74) is -0.524. The van der Waals surface area contributed by atoms with Crippen LogP contribution in [0, 0.1) is 0 Å². The van der Waals surface area contributed by atoms with Crippen molar-refractivity contribution in [2.75, 3.05) is 0 Å². The Morgan fingerprint density at radius 2 is 2.07 bits per heavy atom. The Labute approximate surface area is 90.7 Å². The van der Waals surface area contributed by atoms with Crippen molar-refractivity contribution in [3.05, 3.63) is 12.7 Å².